The average Bonchev–Trinajstić information content (AvgIpc) is 2.47. The number of urea groups is 1. The molecule has 0 aromatic carbocycles. The van der Waals surface area contributed by atoms with E-state index in [4.69, 9.17) is 5.11 Å². The smallest absolute Gasteiger partial charge is 0.315 e. The van der Waals surface area contributed by atoms with Crippen molar-refractivity contribution >= 4 is 6.03 Å². The number of rotatable bonds is 8. The van der Waals surface area contributed by atoms with Gasteiger partial charge in [0.1, 0.15) is 0 Å². The van der Waals surface area contributed by atoms with Crippen LogP contribution in [-0.2, 0) is 0 Å². The molecule has 1 aliphatic heterocycles. The summed E-state index contributed by atoms with van der Waals surface area (Å²) < 4.78 is 0. The molecule has 2 amide bonds. The Morgan fingerprint density at radius 3 is 2.36 bits per heavy atom. The number of hydrogen-bond donors (Lipinski definition) is 3. The van der Waals surface area contributed by atoms with Crippen LogP contribution in [0.15, 0.2) is 0 Å². The third-order valence-electron chi connectivity index (χ3n) is 4.34. The second-order valence-electron chi connectivity index (χ2n) is 6.93. The highest BCUT2D eigenvalue weighted by Crippen LogP contribution is 2.06. The SMILES string of the molecule is CC(CNC(=O)NC(CCO)C(C)C)CN1CCN(C)CC1. The first-order valence-electron chi connectivity index (χ1n) is 8.48. The third-order valence-corrected chi connectivity index (χ3v) is 4.34. The molecule has 2 unspecified atom stereocenters. The van der Waals surface area contributed by atoms with Gasteiger partial charge in [-0.1, -0.05) is 20.8 Å². The number of aliphatic hydroxyl groups is 1. The van der Waals surface area contributed by atoms with Crippen molar-refractivity contribution in [2.45, 2.75) is 33.2 Å². The summed E-state index contributed by atoms with van der Waals surface area (Å²) in [6, 6.07) is -0.102. The van der Waals surface area contributed by atoms with Crippen molar-refractivity contribution < 1.29 is 9.90 Å². The van der Waals surface area contributed by atoms with Crippen LogP contribution in [0.5, 0.6) is 0 Å². The van der Waals surface area contributed by atoms with Crippen LogP contribution in [0.1, 0.15) is 27.2 Å². The molecule has 1 heterocycles. The topological polar surface area (TPSA) is 67.8 Å². The maximum absolute atomic E-state index is 11.9. The van der Waals surface area contributed by atoms with Crippen molar-refractivity contribution in [3.05, 3.63) is 0 Å². The van der Waals surface area contributed by atoms with Gasteiger partial charge in [-0.05, 0) is 25.3 Å². The summed E-state index contributed by atoms with van der Waals surface area (Å²) in [5.74, 6) is 0.755. The Morgan fingerprint density at radius 1 is 1.18 bits per heavy atom. The standard InChI is InChI=1S/C16H34N4O2/c1-13(2)15(5-10-21)18-16(22)17-11-14(3)12-20-8-6-19(4)7-9-20/h13-15,21H,5-12H2,1-4H3,(H2,17,18,22). The van der Waals surface area contributed by atoms with Gasteiger partial charge in [0.25, 0.3) is 0 Å². The molecule has 0 bridgehead atoms. The van der Waals surface area contributed by atoms with Crippen molar-refractivity contribution in [2.24, 2.45) is 11.8 Å². The normalized spacial score (nSPS) is 19.9. The molecule has 1 fully saturated rings. The van der Waals surface area contributed by atoms with Crippen LogP contribution in [0.2, 0.25) is 0 Å². The molecule has 22 heavy (non-hydrogen) atoms. The molecule has 0 spiro atoms. The Bertz CT molecular complexity index is 317. The number of carbonyl (C=O) groups is 1. The number of amides is 2. The van der Waals surface area contributed by atoms with Crippen molar-refractivity contribution in [2.75, 3.05) is 52.9 Å². The molecular formula is C16H34N4O2. The van der Waals surface area contributed by atoms with Gasteiger partial charge in [0.2, 0.25) is 0 Å². The highest BCUT2D eigenvalue weighted by Gasteiger charge is 2.18. The fourth-order valence-electron chi connectivity index (χ4n) is 2.73. The number of likely N-dealkylation sites (N-methyl/N-ethyl adjacent to an activating group) is 1. The quantitative estimate of drug-likeness (QED) is 0.613. The molecule has 1 aliphatic rings. The zero-order valence-electron chi connectivity index (χ0n) is 14.6. The Kier molecular flexibility index (Phi) is 8.75. The first-order valence-corrected chi connectivity index (χ1v) is 8.48. The molecule has 0 aliphatic carbocycles. The van der Waals surface area contributed by atoms with Gasteiger partial charge < -0.3 is 25.5 Å². The molecule has 0 aromatic heterocycles. The summed E-state index contributed by atoms with van der Waals surface area (Å²) in [5.41, 5.74) is 0. The summed E-state index contributed by atoms with van der Waals surface area (Å²) in [6.07, 6.45) is 0.599. The molecule has 2 atom stereocenters. The largest absolute Gasteiger partial charge is 0.396 e. The highest BCUT2D eigenvalue weighted by atomic mass is 16.3. The summed E-state index contributed by atoms with van der Waals surface area (Å²) in [4.78, 5) is 16.8. The van der Waals surface area contributed by atoms with E-state index < -0.39 is 0 Å². The fraction of sp³-hybridized carbons (Fsp3) is 0.938. The molecule has 3 N–H and O–H groups in total. The van der Waals surface area contributed by atoms with E-state index in [1.807, 2.05) is 0 Å². The maximum atomic E-state index is 11.9. The van der Waals surface area contributed by atoms with Gasteiger partial charge in [-0.3, -0.25) is 0 Å². The van der Waals surface area contributed by atoms with E-state index in [0.717, 1.165) is 32.7 Å². The van der Waals surface area contributed by atoms with Crippen molar-refractivity contribution in [1.29, 1.82) is 0 Å². The van der Waals surface area contributed by atoms with Crippen LogP contribution >= 0.6 is 0 Å². The number of hydrogen-bond acceptors (Lipinski definition) is 4. The number of aliphatic hydroxyl groups excluding tert-OH is 1. The highest BCUT2D eigenvalue weighted by molar-refractivity contribution is 5.74. The lowest BCUT2D eigenvalue weighted by molar-refractivity contribution is 0.138. The first-order chi connectivity index (χ1) is 10.4. The van der Waals surface area contributed by atoms with Gasteiger partial charge in [0.05, 0.1) is 0 Å². The lowest BCUT2D eigenvalue weighted by Gasteiger charge is -2.34. The van der Waals surface area contributed by atoms with Gasteiger partial charge in [-0.15, -0.1) is 0 Å². The van der Waals surface area contributed by atoms with E-state index in [9.17, 15) is 4.79 Å². The average molecular weight is 314 g/mol. The predicted octanol–water partition coefficient (Wildman–Crippen LogP) is 0.576. The summed E-state index contributed by atoms with van der Waals surface area (Å²) in [6.45, 7) is 12.6. The summed E-state index contributed by atoms with van der Waals surface area (Å²) >= 11 is 0. The zero-order valence-corrected chi connectivity index (χ0v) is 14.6. The maximum Gasteiger partial charge on any atom is 0.315 e. The molecular weight excluding hydrogens is 280 g/mol. The fourth-order valence-corrected chi connectivity index (χ4v) is 2.73. The lowest BCUT2D eigenvalue weighted by atomic mass is 10.0. The summed E-state index contributed by atoms with van der Waals surface area (Å²) in [7, 11) is 2.16. The van der Waals surface area contributed by atoms with Gasteiger partial charge in [0, 0.05) is 51.9 Å². The van der Waals surface area contributed by atoms with E-state index in [-0.39, 0.29) is 18.7 Å². The van der Waals surface area contributed by atoms with E-state index >= 15 is 0 Å². The first kappa shape index (κ1) is 19.2. The molecule has 0 aromatic rings. The molecule has 1 saturated heterocycles. The van der Waals surface area contributed by atoms with Gasteiger partial charge in [-0.25, -0.2) is 4.79 Å². The van der Waals surface area contributed by atoms with Crippen molar-refractivity contribution in [1.82, 2.24) is 20.4 Å². The monoisotopic (exact) mass is 314 g/mol. The Morgan fingerprint density at radius 2 is 1.82 bits per heavy atom. The van der Waals surface area contributed by atoms with E-state index in [1.165, 1.54) is 0 Å². The minimum absolute atomic E-state index is 0.0259. The predicted molar refractivity (Wildman–Crippen MR) is 90.0 cm³/mol. The van der Waals surface area contributed by atoms with E-state index in [1.54, 1.807) is 0 Å². The Hall–Kier alpha value is -0.850. The molecule has 6 heteroatoms. The number of nitrogens with zero attached hydrogens (tertiary/aromatic N) is 2. The van der Waals surface area contributed by atoms with Crippen LogP contribution in [-0.4, -0.2) is 79.9 Å². The number of carbonyl (C=O) groups excluding carboxylic acids is 1. The van der Waals surface area contributed by atoms with Gasteiger partial charge >= 0.3 is 6.03 Å². The van der Waals surface area contributed by atoms with E-state index in [0.29, 0.717) is 24.8 Å². The zero-order chi connectivity index (χ0) is 16.5. The van der Waals surface area contributed by atoms with Crippen LogP contribution in [0.3, 0.4) is 0 Å². The van der Waals surface area contributed by atoms with Crippen LogP contribution in [0.25, 0.3) is 0 Å². The van der Waals surface area contributed by atoms with E-state index in [2.05, 4.69) is 48.3 Å². The van der Waals surface area contributed by atoms with Crippen molar-refractivity contribution in [3.8, 4) is 0 Å². The van der Waals surface area contributed by atoms with Gasteiger partial charge in [0.15, 0.2) is 0 Å². The second-order valence-corrected chi connectivity index (χ2v) is 6.93. The van der Waals surface area contributed by atoms with Crippen LogP contribution in [0.4, 0.5) is 4.79 Å². The molecule has 130 valence electrons. The Labute approximate surface area is 135 Å². The van der Waals surface area contributed by atoms with Crippen LogP contribution in [0, 0.1) is 11.8 Å². The summed E-state index contributed by atoms with van der Waals surface area (Å²) in [5, 5.41) is 14.9. The second kappa shape index (κ2) is 10.0. The third kappa shape index (κ3) is 7.42. The molecule has 1 rings (SSSR count). The molecule has 0 saturated carbocycles. The number of nitrogens with one attached hydrogen (secondary N) is 2. The number of piperazine rings is 1. The lowest BCUT2D eigenvalue weighted by Crippen LogP contribution is -2.48. The van der Waals surface area contributed by atoms with Gasteiger partial charge in [-0.2, -0.15) is 0 Å². The van der Waals surface area contributed by atoms with Crippen LogP contribution < -0.4 is 10.6 Å². The molecule has 6 nitrogen and oxygen atoms in total. The molecule has 0 radical (unpaired) electrons. The minimum Gasteiger partial charge on any atom is -0.396 e. The minimum atomic E-state index is -0.127. The van der Waals surface area contributed by atoms with Crippen molar-refractivity contribution in [3.63, 3.8) is 0 Å². The Balaban J connectivity index is 2.22.